The maximum Gasteiger partial charge on any atom is 0.242 e. The third-order valence-electron chi connectivity index (χ3n) is 3.70. The zero-order chi connectivity index (χ0) is 13.2. The van der Waals surface area contributed by atoms with Gasteiger partial charge < -0.3 is 10.6 Å². The first-order chi connectivity index (χ1) is 8.51. The van der Waals surface area contributed by atoms with Gasteiger partial charge in [-0.05, 0) is 12.8 Å². The molecule has 0 aromatic carbocycles. The molecule has 2 N–H and O–H groups in total. The quantitative estimate of drug-likeness (QED) is 0.924. The van der Waals surface area contributed by atoms with E-state index in [2.05, 4.69) is 5.10 Å². The molecule has 1 heterocycles. The molecule has 0 radical (unpaired) electrons. The van der Waals surface area contributed by atoms with E-state index in [1.165, 1.54) is 6.42 Å². The third kappa shape index (κ3) is 4.36. The second kappa shape index (κ2) is 7.86. The molecule has 0 saturated heterocycles. The van der Waals surface area contributed by atoms with Crippen molar-refractivity contribution in [1.82, 2.24) is 14.7 Å². The van der Waals surface area contributed by atoms with Crippen molar-refractivity contribution in [2.75, 3.05) is 7.05 Å². The first-order valence-corrected chi connectivity index (χ1v) is 6.53. The lowest BCUT2D eigenvalue weighted by Crippen LogP contribution is -2.55. The zero-order valence-corrected chi connectivity index (χ0v) is 13.7. The van der Waals surface area contributed by atoms with Gasteiger partial charge in [0.25, 0.3) is 0 Å². The van der Waals surface area contributed by atoms with Crippen LogP contribution in [0.3, 0.4) is 0 Å². The number of likely N-dealkylation sites (N-methyl/N-ethyl adjacent to an activating group) is 1. The molecule has 1 aliphatic carbocycles. The number of rotatable bonds is 3. The zero-order valence-electron chi connectivity index (χ0n) is 12.0. The van der Waals surface area contributed by atoms with Crippen LogP contribution >= 0.6 is 24.8 Å². The first kappa shape index (κ1) is 19.2. The smallest absolute Gasteiger partial charge is 0.242 e. The maximum atomic E-state index is 12.4. The van der Waals surface area contributed by atoms with Crippen LogP contribution in [0.5, 0.6) is 0 Å². The average molecular weight is 323 g/mol. The highest BCUT2D eigenvalue weighted by Crippen LogP contribution is 2.27. The van der Waals surface area contributed by atoms with Crippen LogP contribution in [-0.2, 0) is 18.4 Å². The number of aromatic nitrogens is 2. The molecule has 1 amide bonds. The fourth-order valence-electron chi connectivity index (χ4n) is 2.68. The Hall–Kier alpha value is -0.780. The van der Waals surface area contributed by atoms with Gasteiger partial charge in [-0.3, -0.25) is 9.48 Å². The molecule has 20 heavy (non-hydrogen) atoms. The Morgan fingerprint density at radius 1 is 1.40 bits per heavy atom. The summed E-state index contributed by atoms with van der Waals surface area (Å²) >= 11 is 0. The van der Waals surface area contributed by atoms with Gasteiger partial charge in [-0.15, -0.1) is 24.8 Å². The Labute approximate surface area is 132 Å². The summed E-state index contributed by atoms with van der Waals surface area (Å²) in [6.07, 6.45) is 8.64. The molecule has 0 aliphatic heterocycles. The highest BCUT2D eigenvalue weighted by molar-refractivity contribution is 5.86. The predicted octanol–water partition coefficient (Wildman–Crippen LogP) is 1.88. The fourth-order valence-corrected chi connectivity index (χ4v) is 2.68. The Morgan fingerprint density at radius 2 is 2.00 bits per heavy atom. The monoisotopic (exact) mass is 322 g/mol. The van der Waals surface area contributed by atoms with Crippen LogP contribution in [0.2, 0.25) is 0 Å². The first-order valence-electron chi connectivity index (χ1n) is 6.53. The Bertz CT molecular complexity index is 430. The highest BCUT2D eigenvalue weighted by atomic mass is 35.5. The summed E-state index contributed by atoms with van der Waals surface area (Å²) in [5, 5.41) is 4.11. The summed E-state index contributed by atoms with van der Waals surface area (Å²) in [7, 11) is 3.69. The van der Waals surface area contributed by atoms with Gasteiger partial charge in [0.2, 0.25) is 5.91 Å². The summed E-state index contributed by atoms with van der Waals surface area (Å²) in [6, 6.07) is 0. The predicted molar refractivity (Wildman–Crippen MR) is 84.2 cm³/mol. The molecule has 1 aromatic rings. The van der Waals surface area contributed by atoms with Gasteiger partial charge in [0.15, 0.2) is 0 Å². The summed E-state index contributed by atoms with van der Waals surface area (Å²) in [5.41, 5.74) is 6.64. The van der Waals surface area contributed by atoms with Crippen molar-refractivity contribution in [2.45, 2.75) is 44.2 Å². The molecule has 0 atom stereocenters. The van der Waals surface area contributed by atoms with Gasteiger partial charge in [-0.2, -0.15) is 5.10 Å². The number of aryl methyl sites for hydroxylation is 1. The van der Waals surface area contributed by atoms with Crippen LogP contribution in [0.4, 0.5) is 0 Å². The SMILES string of the molecule is CN(Cc1cnn(C)c1)C(=O)C1(N)CCCCC1.Cl.Cl. The molecule has 0 spiro atoms. The number of halogens is 2. The van der Waals surface area contributed by atoms with Gasteiger partial charge in [-0.25, -0.2) is 0 Å². The third-order valence-corrected chi connectivity index (χ3v) is 3.70. The van der Waals surface area contributed by atoms with Crippen molar-refractivity contribution in [3.63, 3.8) is 0 Å². The molecule has 1 fully saturated rings. The lowest BCUT2D eigenvalue weighted by Gasteiger charge is -2.35. The van der Waals surface area contributed by atoms with Gasteiger partial charge in [0.1, 0.15) is 0 Å². The van der Waals surface area contributed by atoms with Gasteiger partial charge >= 0.3 is 0 Å². The van der Waals surface area contributed by atoms with Gasteiger partial charge in [-0.1, -0.05) is 19.3 Å². The molecular weight excluding hydrogens is 299 g/mol. The van der Waals surface area contributed by atoms with E-state index < -0.39 is 5.54 Å². The molecule has 2 rings (SSSR count). The van der Waals surface area contributed by atoms with Crippen LogP contribution in [0.1, 0.15) is 37.7 Å². The number of hydrogen-bond acceptors (Lipinski definition) is 3. The molecule has 116 valence electrons. The molecule has 0 bridgehead atoms. The van der Waals surface area contributed by atoms with E-state index >= 15 is 0 Å². The van der Waals surface area contributed by atoms with E-state index in [9.17, 15) is 4.79 Å². The Morgan fingerprint density at radius 3 is 2.50 bits per heavy atom. The standard InChI is InChI=1S/C13H22N4O.2ClH/c1-16(9-11-8-15-17(2)10-11)12(18)13(14)6-4-3-5-7-13;;/h8,10H,3-7,9,14H2,1-2H3;2*1H. The van der Waals surface area contributed by atoms with Crippen molar-refractivity contribution in [1.29, 1.82) is 0 Å². The topological polar surface area (TPSA) is 64.2 Å². The van der Waals surface area contributed by atoms with Crippen molar-refractivity contribution in [3.8, 4) is 0 Å². The lowest BCUT2D eigenvalue weighted by molar-refractivity contribution is -0.137. The van der Waals surface area contributed by atoms with Gasteiger partial charge in [0.05, 0.1) is 11.7 Å². The summed E-state index contributed by atoms with van der Waals surface area (Å²) in [6.45, 7) is 0.575. The Balaban J connectivity index is 0.00000180. The van der Waals surface area contributed by atoms with Crippen molar-refractivity contribution >= 4 is 30.7 Å². The minimum atomic E-state index is -0.644. The lowest BCUT2D eigenvalue weighted by atomic mass is 9.81. The van der Waals surface area contributed by atoms with Crippen molar-refractivity contribution < 1.29 is 4.79 Å². The molecule has 0 unspecified atom stereocenters. The van der Waals surface area contributed by atoms with Crippen LogP contribution < -0.4 is 5.73 Å². The minimum absolute atomic E-state index is 0. The molecule has 1 saturated carbocycles. The van der Waals surface area contributed by atoms with Crippen molar-refractivity contribution in [2.24, 2.45) is 12.8 Å². The molecule has 7 heteroatoms. The number of nitrogens with two attached hydrogens (primary N) is 1. The maximum absolute atomic E-state index is 12.4. The number of carbonyl (C=O) groups is 1. The van der Waals surface area contributed by atoms with Crippen LogP contribution in [-0.4, -0.2) is 33.2 Å². The van der Waals surface area contributed by atoms with E-state index in [0.717, 1.165) is 31.2 Å². The summed E-state index contributed by atoms with van der Waals surface area (Å²) in [4.78, 5) is 14.1. The second-order valence-electron chi connectivity index (χ2n) is 5.40. The van der Waals surface area contributed by atoms with Gasteiger partial charge in [0, 0.05) is 32.4 Å². The van der Waals surface area contributed by atoms with E-state index in [1.54, 1.807) is 15.8 Å². The highest BCUT2D eigenvalue weighted by Gasteiger charge is 2.37. The molecular formula is C13H24Cl2N4O. The number of hydrogen-bond donors (Lipinski definition) is 1. The minimum Gasteiger partial charge on any atom is -0.340 e. The van der Waals surface area contributed by atoms with Crippen LogP contribution in [0.15, 0.2) is 12.4 Å². The van der Waals surface area contributed by atoms with Crippen LogP contribution in [0.25, 0.3) is 0 Å². The number of carbonyl (C=O) groups excluding carboxylic acids is 1. The molecule has 1 aliphatic rings. The second-order valence-corrected chi connectivity index (χ2v) is 5.40. The molecule has 1 aromatic heterocycles. The number of nitrogens with zero attached hydrogens (tertiary/aromatic N) is 3. The van der Waals surface area contributed by atoms with E-state index in [4.69, 9.17) is 5.73 Å². The Kier molecular flexibility index (Phi) is 7.55. The normalized spacial score (nSPS) is 16.8. The van der Waals surface area contributed by atoms with Crippen molar-refractivity contribution in [3.05, 3.63) is 18.0 Å². The largest absolute Gasteiger partial charge is 0.340 e. The van der Waals surface area contributed by atoms with E-state index in [-0.39, 0.29) is 30.7 Å². The number of amides is 1. The van der Waals surface area contributed by atoms with E-state index in [1.807, 2.05) is 20.3 Å². The summed E-state index contributed by atoms with van der Waals surface area (Å²) < 4.78 is 1.74. The van der Waals surface area contributed by atoms with E-state index in [0.29, 0.717) is 6.54 Å². The average Bonchev–Trinajstić information content (AvgIpc) is 2.74. The summed E-state index contributed by atoms with van der Waals surface area (Å²) in [5.74, 6) is 0.0612. The van der Waals surface area contributed by atoms with Crippen LogP contribution in [0, 0.1) is 0 Å². The molecule has 5 nitrogen and oxygen atoms in total. The fraction of sp³-hybridized carbons (Fsp3) is 0.692.